The second kappa shape index (κ2) is 9.85. The summed E-state index contributed by atoms with van der Waals surface area (Å²) in [5.74, 6) is 1.47. The highest BCUT2D eigenvalue weighted by atomic mass is 35.5. The number of imidazole rings is 1. The van der Waals surface area contributed by atoms with E-state index in [2.05, 4.69) is 4.57 Å². The first kappa shape index (κ1) is 25.9. The molecule has 0 saturated carbocycles. The van der Waals surface area contributed by atoms with Crippen molar-refractivity contribution >= 4 is 28.8 Å². The Morgan fingerprint density at radius 3 is 2.42 bits per heavy atom. The van der Waals surface area contributed by atoms with E-state index in [1.807, 2.05) is 63.2 Å². The molecule has 0 saturated heterocycles. The van der Waals surface area contributed by atoms with Crippen LogP contribution in [0.15, 0.2) is 60.5 Å². The number of methoxy groups -OCH3 is 2. The van der Waals surface area contributed by atoms with Crippen molar-refractivity contribution in [1.82, 2.24) is 14.5 Å². The van der Waals surface area contributed by atoms with E-state index in [0.29, 0.717) is 39.3 Å². The highest BCUT2D eigenvalue weighted by Gasteiger charge is 2.46. The summed E-state index contributed by atoms with van der Waals surface area (Å²) in [7, 11) is 4.94. The molecule has 3 aromatic rings. The van der Waals surface area contributed by atoms with Crippen LogP contribution in [0, 0.1) is 6.92 Å². The number of aryl methyl sites for hydroxylation is 1. The van der Waals surface area contributed by atoms with E-state index in [-0.39, 0.29) is 11.9 Å². The molecule has 2 atom stereocenters. The van der Waals surface area contributed by atoms with Crippen LogP contribution in [-0.2, 0) is 4.74 Å². The number of ether oxygens (including phenoxy) is 2. The Kier molecular flexibility index (Phi) is 6.71. The topological polar surface area (TPSA) is 80.1 Å². The molecule has 1 aromatic heterocycles. The van der Waals surface area contributed by atoms with Gasteiger partial charge in [-0.1, -0.05) is 29.8 Å². The van der Waals surface area contributed by atoms with Crippen LogP contribution in [0.2, 0.25) is 5.02 Å². The molecule has 0 fully saturated rings. The number of aliphatic hydroxyl groups is 1. The number of carbonyl (C=O) groups is 1. The number of amides is 1. The van der Waals surface area contributed by atoms with Gasteiger partial charge in [-0.3, -0.25) is 9.69 Å². The Labute approximate surface area is 227 Å². The number of aliphatic hydroxyl groups excluding tert-OH is 1. The summed E-state index contributed by atoms with van der Waals surface area (Å²) in [6.07, 6.45) is 2.57. The van der Waals surface area contributed by atoms with Gasteiger partial charge in [0.1, 0.15) is 29.6 Å². The summed E-state index contributed by atoms with van der Waals surface area (Å²) >= 11 is 6.24. The highest BCUT2D eigenvalue weighted by Crippen LogP contribution is 2.47. The number of anilines is 1. The number of halogens is 1. The van der Waals surface area contributed by atoms with Gasteiger partial charge >= 0.3 is 0 Å². The minimum absolute atomic E-state index is 0.0565. The van der Waals surface area contributed by atoms with Crippen LogP contribution in [0.25, 0.3) is 5.57 Å². The molecule has 1 N–H and O–H groups in total. The molecule has 9 heteroatoms. The van der Waals surface area contributed by atoms with Crippen molar-refractivity contribution in [2.24, 2.45) is 0 Å². The predicted molar refractivity (Wildman–Crippen MR) is 147 cm³/mol. The summed E-state index contributed by atoms with van der Waals surface area (Å²) < 4.78 is 13.4. The van der Waals surface area contributed by atoms with E-state index < -0.39 is 12.3 Å². The number of rotatable bonds is 6. The lowest BCUT2D eigenvalue weighted by Gasteiger charge is -2.31. The van der Waals surface area contributed by atoms with Crippen LogP contribution < -0.4 is 9.64 Å². The first-order chi connectivity index (χ1) is 18.2. The number of likely N-dealkylation sites (N-methyl/N-ethyl adjacent to an activating group) is 1. The third-order valence-corrected chi connectivity index (χ3v) is 7.21. The van der Waals surface area contributed by atoms with E-state index in [1.165, 1.54) is 0 Å². The third-order valence-electron chi connectivity index (χ3n) is 6.96. The van der Waals surface area contributed by atoms with E-state index in [0.717, 1.165) is 16.8 Å². The number of nitrogens with zero attached hydrogens (tertiary/aromatic N) is 4. The van der Waals surface area contributed by atoms with Gasteiger partial charge < -0.3 is 24.0 Å². The summed E-state index contributed by atoms with van der Waals surface area (Å²) in [5.41, 5.74) is 4.29. The predicted octanol–water partition coefficient (Wildman–Crippen LogP) is 5.32. The lowest BCUT2D eigenvalue weighted by Crippen LogP contribution is -2.32. The van der Waals surface area contributed by atoms with Crippen LogP contribution in [0.4, 0.5) is 5.69 Å². The Bertz CT molecular complexity index is 1460. The quantitative estimate of drug-likeness (QED) is 0.461. The Morgan fingerprint density at radius 2 is 1.79 bits per heavy atom. The molecular formula is C29H31ClN4O4. The molecule has 3 heterocycles. The molecule has 2 unspecified atom stereocenters. The Morgan fingerprint density at radius 1 is 1.08 bits per heavy atom. The van der Waals surface area contributed by atoms with Crippen molar-refractivity contribution in [1.29, 1.82) is 0 Å². The van der Waals surface area contributed by atoms with Crippen molar-refractivity contribution in [2.45, 2.75) is 39.1 Å². The number of fused-ring (bicyclic) bond motifs is 1. The normalized spacial score (nSPS) is 19.0. The zero-order chi connectivity index (χ0) is 27.3. The maximum Gasteiger partial charge on any atom is 0.279 e. The van der Waals surface area contributed by atoms with Gasteiger partial charge in [0.2, 0.25) is 0 Å². The van der Waals surface area contributed by atoms with Gasteiger partial charge in [0, 0.05) is 24.3 Å². The molecule has 5 rings (SSSR count). The fourth-order valence-electron chi connectivity index (χ4n) is 5.15. The summed E-state index contributed by atoms with van der Waals surface area (Å²) in [6.45, 7) is 6.08. The number of aromatic nitrogens is 2. The van der Waals surface area contributed by atoms with Gasteiger partial charge in [-0.2, -0.15) is 0 Å². The maximum absolute atomic E-state index is 14.2. The van der Waals surface area contributed by atoms with Crippen LogP contribution in [0.5, 0.6) is 5.75 Å². The molecule has 2 aliphatic heterocycles. The lowest BCUT2D eigenvalue weighted by atomic mass is 10.0. The second-order valence-corrected chi connectivity index (χ2v) is 10.2. The first-order valence-electron chi connectivity index (χ1n) is 12.4. The van der Waals surface area contributed by atoms with Crippen LogP contribution in [0.3, 0.4) is 0 Å². The van der Waals surface area contributed by atoms with Gasteiger partial charge in [-0.25, -0.2) is 4.98 Å². The van der Waals surface area contributed by atoms with Gasteiger partial charge in [-0.05, 0) is 62.2 Å². The highest BCUT2D eigenvalue weighted by molar-refractivity contribution is 6.30. The molecule has 0 bridgehead atoms. The fraction of sp³-hybridized carbons (Fsp3) is 0.310. The summed E-state index contributed by atoms with van der Waals surface area (Å²) in [5, 5.41) is 11.2. The van der Waals surface area contributed by atoms with Crippen molar-refractivity contribution in [3.8, 4) is 5.75 Å². The summed E-state index contributed by atoms with van der Waals surface area (Å²) in [6, 6.07) is 12.7. The number of allylic oxidation sites excluding steroid dienone is 1. The van der Waals surface area contributed by atoms with E-state index >= 15 is 0 Å². The number of hydrogen-bond donors (Lipinski definition) is 1. The minimum atomic E-state index is -0.855. The van der Waals surface area contributed by atoms with Crippen molar-refractivity contribution in [3.05, 3.63) is 93.9 Å². The lowest BCUT2D eigenvalue weighted by molar-refractivity contribution is 0.0919. The number of hydrogen-bond acceptors (Lipinski definition) is 6. The molecule has 8 nitrogen and oxygen atoms in total. The minimum Gasteiger partial charge on any atom is -0.495 e. The molecule has 38 heavy (non-hydrogen) atoms. The molecule has 198 valence electrons. The van der Waals surface area contributed by atoms with Gasteiger partial charge in [-0.15, -0.1) is 0 Å². The average Bonchev–Trinajstić information content (AvgIpc) is 3.41. The zero-order valence-corrected chi connectivity index (χ0v) is 23.0. The number of benzene rings is 2. The monoisotopic (exact) mass is 534 g/mol. The van der Waals surface area contributed by atoms with Crippen molar-refractivity contribution in [3.63, 3.8) is 0 Å². The van der Waals surface area contributed by atoms with Crippen LogP contribution in [-0.4, -0.2) is 53.0 Å². The molecule has 0 radical (unpaired) electrons. The zero-order valence-electron chi connectivity index (χ0n) is 22.3. The Balaban J connectivity index is 1.78. The standard InChI is InChI=1S/C29H31ClN4O4/c1-16(2)33-27-25(31-28(33)20-14-24(35)32(4)15-23(20)38-6)29(36)34(21-13-17(3)7-12-22(21)37-5)26(27)18-8-10-19(30)11-9-18/h7-16,24,26,35H,1-6H3. The molecule has 0 spiro atoms. The molecule has 2 aromatic carbocycles. The second-order valence-electron chi connectivity index (χ2n) is 9.79. The number of carbonyl (C=O) groups excluding carboxylic acids is 1. The van der Waals surface area contributed by atoms with Crippen LogP contribution >= 0.6 is 11.6 Å². The molecule has 0 aliphatic carbocycles. The summed E-state index contributed by atoms with van der Waals surface area (Å²) in [4.78, 5) is 22.5. The van der Waals surface area contributed by atoms with Gasteiger partial charge in [0.15, 0.2) is 5.69 Å². The van der Waals surface area contributed by atoms with E-state index in [1.54, 1.807) is 43.3 Å². The first-order valence-corrected chi connectivity index (χ1v) is 12.8. The molecular weight excluding hydrogens is 504 g/mol. The average molecular weight is 535 g/mol. The largest absolute Gasteiger partial charge is 0.495 e. The Hall–Kier alpha value is -3.75. The van der Waals surface area contributed by atoms with E-state index in [9.17, 15) is 9.90 Å². The molecule has 1 amide bonds. The van der Waals surface area contributed by atoms with Crippen molar-refractivity contribution in [2.75, 3.05) is 26.2 Å². The third kappa shape index (κ3) is 4.14. The van der Waals surface area contributed by atoms with Gasteiger partial charge in [0.05, 0.1) is 31.2 Å². The smallest absolute Gasteiger partial charge is 0.279 e. The van der Waals surface area contributed by atoms with Gasteiger partial charge in [0.25, 0.3) is 5.91 Å². The van der Waals surface area contributed by atoms with Crippen LogP contribution in [0.1, 0.15) is 59.1 Å². The fourth-order valence-corrected chi connectivity index (χ4v) is 5.27. The molecule has 2 aliphatic rings. The SMILES string of the molecule is COC1=CN(C)C(O)C=C1c1nc2c(n1C(C)C)C(c1ccc(Cl)cc1)N(c1cc(C)ccc1OC)C2=O. The maximum atomic E-state index is 14.2. The van der Waals surface area contributed by atoms with E-state index in [4.69, 9.17) is 26.1 Å². The van der Waals surface area contributed by atoms with Crippen molar-refractivity contribution < 1.29 is 19.4 Å².